The fourth-order valence-electron chi connectivity index (χ4n) is 3.78. The number of carbonyl (C=O) groups excluding carboxylic acids is 1. The summed E-state index contributed by atoms with van der Waals surface area (Å²) >= 11 is 0. The van der Waals surface area contributed by atoms with E-state index >= 15 is 0 Å². The van der Waals surface area contributed by atoms with E-state index in [1.165, 1.54) is 25.7 Å². The molecule has 0 radical (unpaired) electrons. The fraction of sp³-hybridized carbons (Fsp3) is 0.824. The highest BCUT2D eigenvalue weighted by atomic mass is 16.5. The molecule has 0 unspecified atom stereocenters. The molecule has 2 heterocycles. The minimum Gasteiger partial charge on any atom is -0.379 e. The van der Waals surface area contributed by atoms with Gasteiger partial charge in [0.1, 0.15) is 5.82 Å². The third-order valence-corrected chi connectivity index (χ3v) is 5.16. The van der Waals surface area contributed by atoms with E-state index in [4.69, 9.17) is 4.74 Å². The van der Waals surface area contributed by atoms with E-state index in [0.717, 1.165) is 50.3 Å². The lowest BCUT2D eigenvalue weighted by molar-refractivity contribution is 0.0660. The molecular weight excluding hydrogens is 306 g/mol. The summed E-state index contributed by atoms with van der Waals surface area (Å²) in [6.07, 6.45) is 10.2. The Morgan fingerprint density at radius 3 is 2.88 bits per heavy atom. The Morgan fingerprint density at radius 2 is 2.00 bits per heavy atom. The Bertz CT molecular complexity index is 545. The summed E-state index contributed by atoms with van der Waals surface area (Å²) in [5, 5.41) is 14.5. The highest BCUT2D eigenvalue weighted by Gasteiger charge is 2.25. The quantitative estimate of drug-likeness (QED) is 0.826. The number of hydrogen-bond acceptors (Lipinski definition) is 4. The summed E-state index contributed by atoms with van der Waals surface area (Å²) in [6, 6.07) is -0.0528. The molecule has 2 N–H and O–H groups in total. The standard InChI is InChI=1S/C17H29N5O2/c1-24-14-9-5-2-4-8-13(14)19-17(23)18-12-16-21-20-15-10-6-3-7-11-22(15)16/h13-14H,2-12H2,1H3,(H2,18,19,23)/t13-,14+/m0/s1. The van der Waals surface area contributed by atoms with Crippen LogP contribution < -0.4 is 10.6 Å². The Kier molecular flexibility index (Phi) is 6.07. The van der Waals surface area contributed by atoms with Crippen LogP contribution in [0.4, 0.5) is 4.79 Å². The van der Waals surface area contributed by atoms with Gasteiger partial charge < -0.3 is 19.9 Å². The van der Waals surface area contributed by atoms with Gasteiger partial charge in [-0.15, -0.1) is 10.2 Å². The molecule has 1 saturated carbocycles. The topological polar surface area (TPSA) is 81.1 Å². The Balaban J connectivity index is 1.53. The van der Waals surface area contributed by atoms with Crippen LogP contribution >= 0.6 is 0 Å². The first-order chi connectivity index (χ1) is 11.8. The number of aromatic nitrogens is 3. The van der Waals surface area contributed by atoms with E-state index in [0.29, 0.717) is 6.54 Å². The van der Waals surface area contributed by atoms with Crippen molar-refractivity contribution < 1.29 is 9.53 Å². The number of fused-ring (bicyclic) bond motifs is 1. The average molecular weight is 335 g/mol. The number of aryl methyl sites for hydroxylation is 1. The summed E-state index contributed by atoms with van der Waals surface area (Å²) in [5.74, 6) is 1.90. The highest BCUT2D eigenvalue weighted by Crippen LogP contribution is 2.20. The second-order valence-electron chi connectivity index (χ2n) is 6.84. The van der Waals surface area contributed by atoms with E-state index in [1.807, 2.05) is 0 Å². The summed E-state index contributed by atoms with van der Waals surface area (Å²) in [4.78, 5) is 12.3. The van der Waals surface area contributed by atoms with Crippen LogP contribution in [0, 0.1) is 0 Å². The van der Waals surface area contributed by atoms with E-state index in [9.17, 15) is 4.79 Å². The number of rotatable bonds is 4. The van der Waals surface area contributed by atoms with Crippen LogP contribution in [0.15, 0.2) is 0 Å². The summed E-state index contributed by atoms with van der Waals surface area (Å²) in [7, 11) is 1.73. The summed E-state index contributed by atoms with van der Waals surface area (Å²) < 4.78 is 7.72. The van der Waals surface area contributed by atoms with E-state index in [1.54, 1.807) is 7.11 Å². The Labute approximate surface area is 143 Å². The van der Waals surface area contributed by atoms with Gasteiger partial charge in [0.15, 0.2) is 5.82 Å². The Morgan fingerprint density at radius 1 is 1.17 bits per heavy atom. The first kappa shape index (κ1) is 17.2. The molecule has 1 aromatic rings. The maximum Gasteiger partial charge on any atom is 0.315 e. The zero-order chi connectivity index (χ0) is 16.8. The molecule has 1 aliphatic carbocycles. The van der Waals surface area contributed by atoms with E-state index in [2.05, 4.69) is 25.4 Å². The van der Waals surface area contributed by atoms with Crippen molar-refractivity contribution in [2.45, 2.75) is 83.0 Å². The van der Waals surface area contributed by atoms with E-state index < -0.39 is 0 Å². The lowest BCUT2D eigenvalue weighted by atomic mass is 10.1. The van der Waals surface area contributed by atoms with Crippen molar-refractivity contribution in [3.05, 3.63) is 11.6 Å². The first-order valence-electron chi connectivity index (χ1n) is 9.26. The first-order valence-corrected chi connectivity index (χ1v) is 9.26. The molecule has 1 aliphatic heterocycles. The smallest absolute Gasteiger partial charge is 0.315 e. The molecule has 2 atom stereocenters. The van der Waals surface area contributed by atoms with Crippen molar-refractivity contribution >= 4 is 6.03 Å². The molecule has 2 aliphatic rings. The maximum atomic E-state index is 12.3. The zero-order valence-corrected chi connectivity index (χ0v) is 14.6. The number of hydrogen-bond donors (Lipinski definition) is 2. The normalized spacial score (nSPS) is 24.5. The monoisotopic (exact) mass is 335 g/mol. The molecule has 0 spiro atoms. The molecule has 1 aromatic heterocycles. The van der Waals surface area contributed by atoms with Crippen molar-refractivity contribution in [3.8, 4) is 0 Å². The van der Waals surface area contributed by atoms with Gasteiger partial charge in [-0.2, -0.15) is 0 Å². The SMILES string of the molecule is CO[C@@H]1CCCCC[C@@H]1NC(=O)NCc1nnc2n1CCCCC2. The second-order valence-corrected chi connectivity index (χ2v) is 6.84. The fourth-order valence-corrected chi connectivity index (χ4v) is 3.78. The van der Waals surface area contributed by atoms with Crippen LogP contribution in [0.2, 0.25) is 0 Å². The molecular formula is C17H29N5O2. The lowest BCUT2D eigenvalue weighted by Crippen LogP contribution is -2.47. The summed E-state index contributed by atoms with van der Waals surface area (Å²) in [6.45, 7) is 1.37. The van der Waals surface area contributed by atoms with Crippen molar-refractivity contribution in [2.75, 3.05) is 7.11 Å². The third kappa shape index (κ3) is 4.26. The Hall–Kier alpha value is -1.63. The molecule has 7 heteroatoms. The molecule has 0 aromatic carbocycles. The minimum absolute atomic E-state index is 0.0908. The molecule has 3 rings (SSSR count). The van der Waals surface area contributed by atoms with Gasteiger partial charge in [-0.25, -0.2) is 4.79 Å². The number of nitrogens with one attached hydrogen (secondary N) is 2. The van der Waals surface area contributed by atoms with Gasteiger partial charge in [0.25, 0.3) is 0 Å². The third-order valence-electron chi connectivity index (χ3n) is 5.16. The zero-order valence-electron chi connectivity index (χ0n) is 14.6. The number of nitrogens with zero attached hydrogens (tertiary/aromatic N) is 3. The molecule has 0 bridgehead atoms. The largest absolute Gasteiger partial charge is 0.379 e. The number of urea groups is 1. The van der Waals surface area contributed by atoms with Gasteiger partial charge in [-0.1, -0.05) is 25.7 Å². The molecule has 134 valence electrons. The van der Waals surface area contributed by atoms with Gasteiger partial charge in [0.2, 0.25) is 0 Å². The molecule has 24 heavy (non-hydrogen) atoms. The van der Waals surface area contributed by atoms with E-state index in [-0.39, 0.29) is 18.2 Å². The number of ether oxygens (including phenoxy) is 1. The molecule has 7 nitrogen and oxygen atoms in total. The summed E-state index contributed by atoms with van der Waals surface area (Å²) in [5.41, 5.74) is 0. The predicted molar refractivity (Wildman–Crippen MR) is 90.6 cm³/mol. The maximum absolute atomic E-state index is 12.3. The van der Waals surface area contributed by atoms with Crippen LogP contribution in [-0.4, -0.2) is 40.1 Å². The molecule has 0 saturated heterocycles. The molecule has 1 fully saturated rings. The van der Waals surface area contributed by atoms with Gasteiger partial charge in [0.05, 0.1) is 18.7 Å². The predicted octanol–water partition coefficient (Wildman–Crippen LogP) is 2.15. The van der Waals surface area contributed by atoms with Crippen LogP contribution in [-0.2, 0) is 24.2 Å². The van der Waals surface area contributed by atoms with Gasteiger partial charge in [-0.3, -0.25) is 0 Å². The van der Waals surface area contributed by atoms with Crippen LogP contribution in [0.25, 0.3) is 0 Å². The van der Waals surface area contributed by atoms with Crippen molar-refractivity contribution in [2.24, 2.45) is 0 Å². The van der Waals surface area contributed by atoms with Crippen molar-refractivity contribution in [1.29, 1.82) is 0 Å². The van der Waals surface area contributed by atoms with Crippen molar-refractivity contribution in [1.82, 2.24) is 25.4 Å². The number of carbonyl (C=O) groups is 1. The second kappa shape index (κ2) is 8.46. The molecule has 2 amide bonds. The average Bonchev–Trinajstić information content (AvgIpc) is 2.76. The van der Waals surface area contributed by atoms with Gasteiger partial charge >= 0.3 is 6.03 Å². The minimum atomic E-state index is -0.144. The van der Waals surface area contributed by atoms with Gasteiger partial charge in [-0.05, 0) is 25.7 Å². The van der Waals surface area contributed by atoms with Crippen LogP contribution in [0.1, 0.15) is 63.0 Å². The number of amides is 2. The van der Waals surface area contributed by atoms with Crippen LogP contribution in [0.5, 0.6) is 0 Å². The highest BCUT2D eigenvalue weighted by molar-refractivity contribution is 5.74. The van der Waals surface area contributed by atoms with Crippen LogP contribution in [0.3, 0.4) is 0 Å². The van der Waals surface area contributed by atoms with Gasteiger partial charge in [0, 0.05) is 20.1 Å². The lowest BCUT2D eigenvalue weighted by Gasteiger charge is -2.25. The van der Waals surface area contributed by atoms with Crippen molar-refractivity contribution in [3.63, 3.8) is 0 Å². The number of methoxy groups -OCH3 is 1.